The second-order valence-electron chi connectivity index (χ2n) is 7.58. The van der Waals surface area contributed by atoms with Gasteiger partial charge in [-0.15, -0.1) is 0 Å². The van der Waals surface area contributed by atoms with E-state index in [0.29, 0.717) is 11.3 Å². The van der Waals surface area contributed by atoms with Crippen LogP contribution in [0.2, 0.25) is 0 Å². The Morgan fingerprint density at radius 2 is 1.87 bits per heavy atom. The molecule has 170 valence electrons. The maximum absolute atomic E-state index is 12.2. The predicted octanol–water partition coefficient (Wildman–Crippen LogP) is -0.182. The van der Waals surface area contributed by atoms with Crippen molar-refractivity contribution < 1.29 is 44.5 Å². The molecule has 6 N–H and O–H groups in total. The van der Waals surface area contributed by atoms with Crippen LogP contribution in [0.15, 0.2) is 33.0 Å². The first-order chi connectivity index (χ1) is 14.6. The number of hydrogen-bond acceptors (Lipinski definition) is 10. The topological polar surface area (TPSA) is 170 Å². The van der Waals surface area contributed by atoms with E-state index in [1.54, 1.807) is 19.9 Å². The Morgan fingerprint density at radius 1 is 1.16 bits per heavy atom. The van der Waals surface area contributed by atoms with Crippen LogP contribution in [0.5, 0.6) is 11.5 Å². The highest BCUT2D eigenvalue weighted by atomic mass is 16.7. The fourth-order valence-electron chi connectivity index (χ4n) is 3.41. The number of ether oxygens (including phenoxy) is 2. The van der Waals surface area contributed by atoms with E-state index in [-0.39, 0.29) is 41.1 Å². The number of allylic oxidation sites excluding steroid dienone is 1. The Morgan fingerprint density at radius 3 is 2.55 bits per heavy atom. The Hall–Kier alpha value is -2.47. The first kappa shape index (κ1) is 23.2. The Balaban J connectivity index is 1.72. The van der Waals surface area contributed by atoms with Gasteiger partial charge in [-0.3, -0.25) is 4.79 Å². The average molecular weight is 438 g/mol. The molecule has 0 spiro atoms. The SMILES string of the molecule is CC(=CCc1c(O)cc2oc(C)cc(=O)c2c1O)COC1OC(CO)C(O)C(O)C1O. The zero-order valence-corrected chi connectivity index (χ0v) is 17.1. The molecule has 1 aliphatic heterocycles. The lowest BCUT2D eigenvalue weighted by molar-refractivity contribution is -0.299. The monoisotopic (exact) mass is 438 g/mol. The largest absolute Gasteiger partial charge is 0.507 e. The Kier molecular flexibility index (Phi) is 6.99. The van der Waals surface area contributed by atoms with Gasteiger partial charge in [0.05, 0.1) is 13.2 Å². The quantitative estimate of drug-likeness (QED) is 0.333. The number of hydrogen-bond donors (Lipinski definition) is 6. The Labute approximate surface area is 177 Å². The number of rotatable bonds is 6. The molecule has 10 nitrogen and oxygen atoms in total. The highest BCUT2D eigenvalue weighted by Crippen LogP contribution is 2.35. The van der Waals surface area contributed by atoms with Gasteiger partial charge in [0.1, 0.15) is 52.6 Å². The van der Waals surface area contributed by atoms with Gasteiger partial charge in [0, 0.05) is 17.7 Å². The summed E-state index contributed by atoms with van der Waals surface area (Å²) >= 11 is 0. The minimum atomic E-state index is -1.54. The van der Waals surface area contributed by atoms with Gasteiger partial charge in [-0.2, -0.15) is 0 Å². The molecule has 0 radical (unpaired) electrons. The lowest BCUT2D eigenvalue weighted by Crippen LogP contribution is -2.59. The summed E-state index contributed by atoms with van der Waals surface area (Å²) in [5.74, 6) is -0.259. The lowest BCUT2D eigenvalue weighted by Gasteiger charge is -2.39. The number of aliphatic hydroxyl groups excluding tert-OH is 4. The average Bonchev–Trinajstić information content (AvgIpc) is 2.70. The molecule has 1 aromatic heterocycles. The number of benzene rings is 1. The van der Waals surface area contributed by atoms with Crippen molar-refractivity contribution in [1.82, 2.24) is 0 Å². The van der Waals surface area contributed by atoms with Crippen LogP contribution in [0.1, 0.15) is 18.2 Å². The lowest BCUT2D eigenvalue weighted by atomic mass is 9.99. The van der Waals surface area contributed by atoms with Gasteiger partial charge in [-0.05, 0) is 20.3 Å². The van der Waals surface area contributed by atoms with Gasteiger partial charge in [-0.1, -0.05) is 11.6 Å². The van der Waals surface area contributed by atoms with Crippen molar-refractivity contribution in [3.63, 3.8) is 0 Å². The summed E-state index contributed by atoms with van der Waals surface area (Å²) in [5, 5.41) is 59.5. The normalized spacial score (nSPS) is 27.0. The zero-order chi connectivity index (χ0) is 22.9. The molecule has 1 fully saturated rings. The highest BCUT2D eigenvalue weighted by Gasteiger charge is 2.43. The van der Waals surface area contributed by atoms with Crippen LogP contribution in [0.4, 0.5) is 0 Å². The molecule has 5 atom stereocenters. The number of phenolic OH excluding ortho intramolecular Hbond substituents is 2. The number of aryl methyl sites for hydroxylation is 1. The van der Waals surface area contributed by atoms with Crippen molar-refractivity contribution in [3.8, 4) is 11.5 Å². The van der Waals surface area contributed by atoms with E-state index in [0.717, 1.165) is 0 Å². The van der Waals surface area contributed by atoms with Crippen molar-refractivity contribution in [2.45, 2.75) is 51.0 Å². The summed E-state index contributed by atoms with van der Waals surface area (Å²) in [6.07, 6.45) is -5.16. The number of fused-ring (bicyclic) bond motifs is 1. The first-order valence-electron chi connectivity index (χ1n) is 9.70. The fourth-order valence-corrected chi connectivity index (χ4v) is 3.41. The van der Waals surface area contributed by atoms with Crippen LogP contribution >= 0.6 is 0 Å². The van der Waals surface area contributed by atoms with Crippen LogP contribution in [0.25, 0.3) is 11.0 Å². The summed E-state index contributed by atoms with van der Waals surface area (Å²) < 4.78 is 16.1. The molecule has 2 heterocycles. The van der Waals surface area contributed by atoms with Crippen molar-refractivity contribution in [2.24, 2.45) is 0 Å². The maximum Gasteiger partial charge on any atom is 0.196 e. The van der Waals surface area contributed by atoms with Gasteiger partial charge in [0.25, 0.3) is 0 Å². The van der Waals surface area contributed by atoms with Crippen molar-refractivity contribution in [1.29, 1.82) is 0 Å². The van der Waals surface area contributed by atoms with Crippen LogP contribution in [0, 0.1) is 6.92 Å². The molecule has 2 aromatic rings. The molecule has 0 aliphatic carbocycles. The van der Waals surface area contributed by atoms with Gasteiger partial charge < -0.3 is 44.5 Å². The molecule has 10 heteroatoms. The third-order valence-corrected chi connectivity index (χ3v) is 5.18. The van der Waals surface area contributed by atoms with Gasteiger partial charge in [0.2, 0.25) is 0 Å². The minimum Gasteiger partial charge on any atom is -0.507 e. The highest BCUT2D eigenvalue weighted by molar-refractivity contribution is 5.86. The fraction of sp³-hybridized carbons (Fsp3) is 0.476. The summed E-state index contributed by atoms with van der Waals surface area (Å²) in [6.45, 7) is 2.67. The van der Waals surface area contributed by atoms with E-state index in [1.165, 1.54) is 12.1 Å². The van der Waals surface area contributed by atoms with Crippen molar-refractivity contribution in [3.05, 3.63) is 45.3 Å². The molecular weight excluding hydrogens is 412 g/mol. The smallest absolute Gasteiger partial charge is 0.196 e. The molecule has 5 unspecified atom stereocenters. The number of phenols is 2. The molecule has 0 amide bonds. The van der Waals surface area contributed by atoms with E-state index in [9.17, 15) is 35.4 Å². The standard InChI is InChI=1S/C21H26O10/c1-9(8-29-21-20(28)19(27)18(26)15(7-22)31-21)3-4-11-12(23)6-14-16(17(11)25)13(24)5-10(2)30-14/h3,5-6,15,18-23,25-28H,4,7-8H2,1-2H3. The second kappa shape index (κ2) is 9.35. The van der Waals surface area contributed by atoms with E-state index < -0.39 is 42.7 Å². The van der Waals surface area contributed by atoms with Crippen LogP contribution < -0.4 is 5.43 Å². The molecule has 0 bridgehead atoms. The van der Waals surface area contributed by atoms with E-state index in [4.69, 9.17) is 13.9 Å². The number of aliphatic hydroxyl groups is 4. The van der Waals surface area contributed by atoms with Crippen molar-refractivity contribution >= 4 is 11.0 Å². The molecular formula is C21H26O10. The molecule has 3 rings (SSSR count). The minimum absolute atomic E-state index is 0.0259. The number of aromatic hydroxyl groups is 2. The Bertz CT molecular complexity index is 1020. The summed E-state index contributed by atoms with van der Waals surface area (Å²) in [5.41, 5.74) is 0.419. The molecule has 31 heavy (non-hydrogen) atoms. The van der Waals surface area contributed by atoms with Crippen LogP contribution in [-0.2, 0) is 15.9 Å². The van der Waals surface area contributed by atoms with Gasteiger partial charge in [0.15, 0.2) is 11.7 Å². The third kappa shape index (κ3) is 4.74. The van der Waals surface area contributed by atoms with Crippen LogP contribution in [-0.4, -0.2) is 74.6 Å². The first-order valence-corrected chi connectivity index (χ1v) is 9.70. The zero-order valence-electron chi connectivity index (χ0n) is 17.1. The second-order valence-corrected chi connectivity index (χ2v) is 7.58. The van der Waals surface area contributed by atoms with Crippen molar-refractivity contribution in [2.75, 3.05) is 13.2 Å². The van der Waals surface area contributed by atoms with Gasteiger partial charge in [-0.25, -0.2) is 0 Å². The maximum atomic E-state index is 12.2. The third-order valence-electron chi connectivity index (χ3n) is 5.18. The summed E-state index contributed by atoms with van der Waals surface area (Å²) in [6, 6.07) is 2.52. The van der Waals surface area contributed by atoms with E-state index in [1.807, 2.05) is 0 Å². The van der Waals surface area contributed by atoms with E-state index >= 15 is 0 Å². The molecule has 1 aromatic carbocycles. The predicted molar refractivity (Wildman–Crippen MR) is 108 cm³/mol. The van der Waals surface area contributed by atoms with Gasteiger partial charge >= 0.3 is 0 Å². The summed E-state index contributed by atoms with van der Waals surface area (Å²) in [7, 11) is 0. The molecule has 0 saturated carbocycles. The van der Waals surface area contributed by atoms with Crippen LogP contribution in [0.3, 0.4) is 0 Å². The van der Waals surface area contributed by atoms with E-state index in [2.05, 4.69) is 0 Å². The molecule has 1 aliphatic rings. The summed E-state index contributed by atoms with van der Waals surface area (Å²) in [4.78, 5) is 12.2. The molecule has 1 saturated heterocycles.